The number of amides is 1. The number of benzene rings is 2. The van der Waals surface area contributed by atoms with E-state index in [1.807, 2.05) is 0 Å². The fourth-order valence-electron chi connectivity index (χ4n) is 2.31. The molecule has 1 heterocycles. The Balaban J connectivity index is 1.91. The predicted octanol–water partition coefficient (Wildman–Crippen LogP) is 4.09. The van der Waals surface area contributed by atoms with Crippen LogP contribution in [0, 0.1) is 12.7 Å². The van der Waals surface area contributed by atoms with E-state index in [-0.39, 0.29) is 5.56 Å². The highest BCUT2D eigenvalue weighted by atomic mass is 35.5. The van der Waals surface area contributed by atoms with Crippen LogP contribution in [0.5, 0.6) is 0 Å². The zero-order valence-electron chi connectivity index (χ0n) is 12.1. The van der Waals surface area contributed by atoms with E-state index in [0.29, 0.717) is 21.6 Å². The van der Waals surface area contributed by atoms with Crippen molar-refractivity contribution in [2.24, 2.45) is 0 Å². The first-order valence-electron chi connectivity index (χ1n) is 6.84. The Labute approximate surface area is 136 Å². The SMILES string of the molecule is Cc1ccc(Cl)cc1NC(=O)C(=O)c1c[nH]c2ccc(F)cc12. The molecule has 0 fully saturated rings. The first-order chi connectivity index (χ1) is 11.0. The Morgan fingerprint density at radius 2 is 1.96 bits per heavy atom. The summed E-state index contributed by atoms with van der Waals surface area (Å²) in [7, 11) is 0. The van der Waals surface area contributed by atoms with E-state index in [0.717, 1.165) is 5.56 Å². The van der Waals surface area contributed by atoms with Gasteiger partial charge in [-0.1, -0.05) is 17.7 Å². The second kappa shape index (κ2) is 5.85. The number of fused-ring (bicyclic) bond motifs is 1. The van der Waals surface area contributed by atoms with Gasteiger partial charge in [-0.05, 0) is 42.8 Å². The molecule has 0 radical (unpaired) electrons. The summed E-state index contributed by atoms with van der Waals surface area (Å²) in [6, 6.07) is 9.01. The van der Waals surface area contributed by atoms with Crippen LogP contribution in [0.15, 0.2) is 42.6 Å². The number of nitrogens with one attached hydrogen (secondary N) is 2. The lowest BCUT2D eigenvalue weighted by atomic mass is 10.1. The minimum absolute atomic E-state index is 0.122. The molecule has 1 aromatic heterocycles. The number of ketones is 1. The fraction of sp³-hybridized carbons (Fsp3) is 0.0588. The number of hydrogen-bond donors (Lipinski definition) is 2. The topological polar surface area (TPSA) is 62.0 Å². The molecule has 1 amide bonds. The largest absolute Gasteiger partial charge is 0.360 e. The van der Waals surface area contributed by atoms with Crippen LogP contribution in [0.4, 0.5) is 10.1 Å². The van der Waals surface area contributed by atoms with Gasteiger partial charge >= 0.3 is 0 Å². The van der Waals surface area contributed by atoms with Crippen molar-refractivity contribution < 1.29 is 14.0 Å². The Kier molecular flexibility index (Phi) is 3.88. The predicted molar refractivity (Wildman–Crippen MR) is 87.4 cm³/mol. The van der Waals surface area contributed by atoms with Gasteiger partial charge in [0.05, 0.1) is 5.56 Å². The summed E-state index contributed by atoms with van der Waals surface area (Å²) in [6.45, 7) is 1.79. The van der Waals surface area contributed by atoms with Gasteiger partial charge in [0, 0.05) is 27.8 Å². The molecule has 2 aromatic carbocycles. The molecule has 6 heteroatoms. The summed E-state index contributed by atoms with van der Waals surface area (Å²) in [5.41, 5.74) is 1.94. The maximum absolute atomic E-state index is 13.4. The molecule has 4 nitrogen and oxygen atoms in total. The standard InChI is InChI=1S/C17H12ClFN2O2/c1-9-2-3-10(18)6-15(9)21-17(23)16(22)13-8-20-14-5-4-11(19)7-12(13)14/h2-8,20H,1H3,(H,21,23). The number of anilines is 1. The van der Waals surface area contributed by atoms with E-state index in [9.17, 15) is 14.0 Å². The smallest absolute Gasteiger partial charge is 0.296 e. The molecule has 0 atom stereocenters. The van der Waals surface area contributed by atoms with Crippen LogP contribution in [0.2, 0.25) is 5.02 Å². The maximum atomic E-state index is 13.4. The highest BCUT2D eigenvalue weighted by Crippen LogP contribution is 2.22. The Morgan fingerprint density at radius 3 is 2.74 bits per heavy atom. The number of halogens is 2. The van der Waals surface area contributed by atoms with Crippen molar-refractivity contribution in [1.29, 1.82) is 0 Å². The third-order valence-electron chi connectivity index (χ3n) is 3.54. The molecule has 3 rings (SSSR count). The first kappa shape index (κ1) is 15.2. The molecular weight excluding hydrogens is 319 g/mol. The molecule has 0 aliphatic rings. The maximum Gasteiger partial charge on any atom is 0.296 e. The summed E-state index contributed by atoms with van der Waals surface area (Å²) in [5.74, 6) is -2.03. The summed E-state index contributed by atoms with van der Waals surface area (Å²) < 4.78 is 13.4. The molecule has 2 N–H and O–H groups in total. The minimum atomic E-state index is -0.805. The molecular formula is C17H12ClFN2O2. The number of hydrogen-bond acceptors (Lipinski definition) is 2. The van der Waals surface area contributed by atoms with E-state index >= 15 is 0 Å². The molecule has 23 heavy (non-hydrogen) atoms. The van der Waals surface area contributed by atoms with Gasteiger partial charge in [0.25, 0.3) is 11.7 Å². The van der Waals surface area contributed by atoms with E-state index in [1.54, 1.807) is 25.1 Å². The van der Waals surface area contributed by atoms with Crippen LogP contribution in [0.1, 0.15) is 15.9 Å². The number of Topliss-reactive ketones (excluding diaryl/α,β-unsaturated/α-hetero) is 1. The number of aromatic amines is 1. The zero-order valence-corrected chi connectivity index (χ0v) is 12.9. The zero-order chi connectivity index (χ0) is 16.6. The summed E-state index contributed by atoms with van der Waals surface area (Å²) in [6.07, 6.45) is 1.40. The lowest BCUT2D eigenvalue weighted by Gasteiger charge is -2.08. The third kappa shape index (κ3) is 2.96. The second-order valence-electron chi connectivity index (χ2n) is 5.13. The van der Waals surface area contributed by atoms with Crippen molar-refractivity contribution in [2.75, 3.05) is 5.32 Å². The van der Waals surface area contributed by atoms with Crippen LogP contribution in [-0.4, -0.2) is 16.7 Å². The normalized spacial score (nSPS) is 10.7. The van der Waals surface area contributed by atoms with E-state index in [4.69, 9.17) is 11.6 Å². The average molecular weight is 331 g/mol. The molecule has 116 valence electrons. The van der Waals surface area contributed by atoms with Gasteiger partial charge in [-0.15, -0.1) is 0 Å². The van der Waals surface area contributed by atoms with Gasteiger partial charge in [0.1, 0.15) is 5.82 Å². The lowest BCUT2D eigenvalue weighted by molar-refractivity contribution is -0.112. The van der Waals surface area contributed by atoms with Crippen molar-refractivity contribution in [3.63, 3.8) is 0 Å². The van der Waals surface area contributed by atoms with Gasteiger partial charge in [0.2, 0.25) is 0 Å². The Bertz CT molecular complexity index is 933. The fourth-order valence-corrected chi connectivity index (χ4v) is 2.48. The van der Waals surface area contributed by atoms with Gasteiger partial charge in [-0.3, -0.25) is 9.59 Å². The first-order valence-corrected chi connectivity index (χ1v) is 7.22. The molecule has 0 bridgehead atoms. The second-order valence-corrected chi connectivity index (χ2v) is 5.57. The highest BCUT2D eigenvalue weighted by Gasteiger charge is 2.21. The molecule has 0 saturated heterocycles. The monoisotopic (exact) mass is 330 g/mol. The van der Waals surface area contributed by atoms with E-state index in [2.05, 4.69) is 10.3 Å². The number of H-pyrrole nitrogens is 1. The Morgan fingerprint density at radius 1 is 1.17 bits per heavy atom. The number of carbonyl (C=O) groups excluding carboxylic acids is 2. The molecule has 3 aromatic rings. The Hall–Kier alpha value is -2.66. The number of aryl methyl sites for hydroxylation is 1. The highest BCUT2D eigenvalue weighted by molar-refractivity contribution is 6.48. The van der Waals surface area contributed by atoms with Crippen molar-refractivity contribution in [3.05, 3.63) is 64.6 Å². The molecule has 0 aliphatic carbocycles. The minimum Gasteiger partial charge on any atom is -0.360 e. The van der Waals surface area contributed by atoms with Gasteiger partial charge < -0.3 is 10.3 Å². The van der Waals surface area contributed by atoms with E-state index in [1.165, 1.54) is 24.4 Å². The van der Waals surface area contributed by atoms with Crippen molar-refractivity contribution in [2.45, 2.75) is 6.92 Å². The van der Waals surface area contributed by atoms with Crippen molar-refractivity contribution in [1.82, 2.24) is 4.98 Å². The van der Waals surface area contributed by atoms with Crippen molar-refractivity contribution >= 4 is 39.9 Å². The van der Waals surface area contributed by atoms with Crippen LogP contribution < -0.4 is 5.32 Å². The molecule has 0 unspecified atom stereocenters. The van der Waals surface area contributed by atoms with Gasteiger partial charge in [-0.25, -0.2) is 4.39 Å². The average Bonchev–Trinajstić information content (AvgIpc) is 2.93. The number of aromatic nitrogens is 1. The quantitative estimate of drug-likeness (QED) is 0.561. The molecule has 0 spiro atoms. The molecule has 0 saturated carbocycles. The van der Waals surface area contributed by atoms with Crippen molar-refractivity contribution in [3.8, 4) is 0 Å². The van der Waals surface area contributed by atoms with Crippen LogP contribution >= 0.6 is 11.6 Å². The van der Waals surface area contributed by atoms with Crippen LogP contribution in [-0.2, 0) is 4.79 Å². The van der Waals surface area contributed by atoms with E-state index < -0.39 is 17.5 Å². The van der Waals surface area contributed by atoms with Gasteiger partial charge in [0.15, 0.2) is 0 Å². The number of carbonyl (C=O) groups is 2. The lowest BCUT2D eigenvalue weighted by Crippen LogP contribution is -2.23. The molecule has 0 aliphatic heterocycles. The number of rotatable bonds is 3. The third-order valence-corrected chi connectivity index (χ3v) is 3.78. The van der Waals surface area contributed by atoms with Crippen LogP contribution in [0.3, 0.4) is 0 Å². The summed E-state index contributed by atoms with van der Waals surface area (Å²) >= 11 is 5.89. The summed E-state index contributed by atoms with van der Waals surface area (Å²) in [4.78, 5) is 27.4. The van der Waals surface area contributed by atoms with Gasteiger partial charge in [-0.2, -0.15) is 0 Å². The summed E-state index contributed by atoms with van der Waals surface area (Å²) in [5, 5.41) is 3.36. The van der Waals surface area contributed by atoms with Crippen LogP contribution in [0.25, 0.3) is 10.9 Å².